The number of aromatic nitrogens is 3. The van der Waals surface area contributed by atoms with Crippen LogP contribution in [-0.4, -0.2) is 15.0 Å². The van der Waals surface area contributed by atoms with Crippen LogP contribution in [0.15, 0.2) is 91.6 Å². The lowest BCUT2D eigenvalue weighted by atomic mass is 9.99. The number of nitrogens with zero attached hydrogens (tertiary/aromatic N) is 4. The summed E-state index contributed by atoms with van der Waals surface area (Å²) in [6, 6.07) is 17.4. The number of hydrogen-bond acceptors (Lipinski definition) is 4. The molecule has 4 aromatic rings. The van der Waals surface area contributed by atoms with Gasteiger partial charge in [0.15, 0.2) is 0 Å². The van der Waals surface area contributed by atoms with E-state index in [2.05, 4.69) is 15.0 Å². The highest BCUT2D eigenvalue weighted by Crippen LogP contribution is 2.38. The van der Waals surface area contributed by atoms with Crippen LogP contribution >= 0.6 is 11.6 Å². The number of anilines is 2. The molecule has 0 N–H and O–H groups in total. The van der Waals surface area contributed by atoms with Crippen molar-refractivity contribution in [3.05, 3.63) is 114 Å². The van der Waals surface area contributed by atoms with Crippen LogP contribution in [0.4, 0.5) is 15.9 Å². The Morgan fingerprint density at radius 1 is 0.821 bits per heavy atom. The van der Waals surface area contributed by atoms with Gasteiger partial charge in [-0.1, -0.05) is 23.7 Å². The fourth-order valence-corrected chi connectivity index (χ4v) is 3.30. The Kier molecular flexibility index (Phi) is 5.26. The van der Waals surface area contributed by atoms with Crippen molar-refractivity contribution < 1.29 is 4.39 Å². The quantitative estimate of drug-likeness (QED) is 0.445. The second-order valence-corrected chi connectivity index (χ2v) is 6.60. The normalized spacial score (nSPS) is 11.8. The number of hydrogen-bond donors (Lipinski definition) is 0. The highest BCUT2D eigenvalue weighted by atomic mass is 35.5. The molecular formula is C22H16ClFN4. The van der Waals surface area contributed by atoms with E-state index in [0.717, 1.165) is 16.8 Å². The summed E-state index contributed by atoms with van der Waals surface area (Å²) < 4.78 is 13.6. The van der Waals surface area contributed by atoms with Crippen LogP contribution in [0.3, 0.4) is 0 Å². The lowest BCUT2D eigenvalue weighted by molar-refractivity contribution is 0.627. The van der Waals surface area contributed by atoms with Crippen molar-refractivity contribution in [2.24, 2.45) is 0 Å². The molecule has 1 atom stereocenters. The first-order chi connectivity index (χ1) is 13.7. The first kappa shape index (κ1) is 18.1. The molecule has 1 unspecified atom stereocenters. The van der Waals surface area contributed by atoms with Crippen molar-refractivity contribution >= 4 is 23.1 Å². The molecule has 138 valence electrons. The zero-order valence-corrected chi connectivity index (χ0v) is 15.5. The number of halogens is 2. The van der Waals surface area contributed by atoms with E-state index >= 15 is 0 Å². The van der Waals surface area contributed by atoms with Gasteiger partial charge in [-0.2, -0.15) is 0 Å². The van der Waals surface area contributed by atoms with E-state index in [-0.39, 0.29) is 11.9 Å². The summed E-state index contributed by atoms with van der Waals surface area (Å²) in [6.07, 6.45) is 8.60. The first-order valence-corrected chi connectivity index (χ1v) is 9.06. The minimum Gasteiger partial charge on any atom is -0.315 e. The van der Waals surface area contributed by atoms with Gasteiger partial charge in [0, 0.05) is 36.7 Å². The molecule has 0 aliphatic rings. The summed E-state index contributed by atoms with van der Waals surface area (Å²) in [4.78, 5) is 15.1. The van der Waals surface area contributed by atoms with E-state index in [0.29, 0.717) is 10.8 Å². The smallest absolute Gasteiger partial charge is 0.133 e. The molecule has 0 aliphatic heterocycles. The van der Waals surface area contributed by atoms with E-state index in [1.54, 1.807) is 43.1 Å². The molecule has 0 saturated heterocycles. The van der Waals surface area contributed by atoms with Crippen molar-refractivity contribution in [2.45, 2.75) is 6.04 Å². The lowest BCUT2D eigenvalue weighted by Gasteiger charge is -2.33. The van der Waals surface area contributed by atoms with Crippen molar-refractivity contribution in [2.75, 3.05) is 4.90 Å². The number of pyridine rings is 3. The molecule has 0 fully saturated rings. The van der Waals surface area contributed by atoms with Crippen LogP contribution in [0.25, 0.3) is 0 Å². The fraction of sp³-hybridized carbons (Fsp3) is 0.0455. The van der Waals surface area contributed by atoms with E-state index in [9.17, 15) is 4.39 Å². The third-order valence-electron chi connectivity index (χ3n) is 4.30. The van der Waals surface area contributed by atoms with Gasteiger partial charge in [-0.15, -0.1) is 0 Å². The molecule has 0 amide bonds. The third-order valence-corrected chi connectivity index (χ3v) is 4.51. The molecule has 0 aliphatic carbocycles. The van der Waals surface area contributed by atoms with Crippen LogP contribution < -0.4 is 4.90 Å². The van der Waals surface area contributed by atoms with Gasteiger partial charge in [0.2, 0.25) is 0 Å². The van der Waals surface area contributed by atoms with Crippen molar-refractivity contribution in [1.82, 2.24) is 15.0 Å². The monoisotopic (exact) mass is 390 g/mol. The van der Waals surface area contributed by atoms with Crippen LogP contribution in [-0.2, 0) is 0 Å². The fourth-order valence-electron chi connectivity index (χ4n) is 3.12. The zero-order chi connectivity index (χ0) is 19.3. The second-order valence-electron chi connectivity index (χ2n) is 6.16. The largest absolute Gasteiger partial charge is 0.315 e. The highest BCUT2D eigenvalue weighted by molar-refractivity contribution is 6.30. The first-order valence-electron chi connectivity index (χ1n) is 8.68. The summed E-state index contributed by atoms with van der Waals surface area (Å²) in [6.45, 7) is 0. The second kappa shape index (κ2) is 8.15. The Hall–Kier alpha value is -3.31. The average molecular weight is 391 g/mol. The highest BCUT2D eigenvalue weighted by Gasteiger charge is 2.26. The Bertz CT molecular complexity index is 1040. The van der Waals surface area contributed by atoms with Crippen LogP contribution in [0.5, 0.6) is 0 Å². The molecule has 4 nitrogen and oxygen atoms in total. The molecule has 4 rings (SSSR count). The summed E-state index contributed by atoms with van der Waals surface area (Å²) >= 11 is 6.23. The van der Waals surface area contributed by atoms with E-state index in [1.165, 1.54) is 12.1 Å². The van der Waals surface area contributed by atoms with Gasteiger partial charge in [0.1, 0.15) is 11.6 Å². The lowest BCUT2D eigenvalue weighted by Crippen LogP contribution is -2.26. The maximum absolute atomic E-state index is 13.6. The van der Waals surface area contributed by atoms with E-state index < -0.39 is 0 Å². The van der Waals surface area contributed by atoms with E-state index in [1.807, 2.05) is 41.3 Å². The Morgan fingerprint density at radius 3 is 2.32 bits per heavy atom. The molecule has 6 heteroatoms. The molecule has 3 aromatic heterocycles. The summed E-state index contributed by atoms with van der Waals surface area (Å²) in [5, 5.41) is 0.534. The van der Waals surface area contributed by atoms with Gasteiger partial charge in [0.05, 0.1) is 11.1 Å². The molecule has 1 aromatic carbocycles. The summed E-state index contributed by atoms with van der Waals surface area (Å²) in [5.74, 6) is 0.412. The van der Waals surface area contributed by atoms with E-state index in [4.69, 9.17) is 11.6 Å². The van der Waals surface area contributed by atoms with Crippen LogP contribution in [0.1, 0.15) is 17.2 Å². The SMILES string of the molecule is Fc1ccc(N(c2ccccn2)C(c2cccnc2)c2cncc(Cl)c2)cc1. The molecule has 28 heavy (non-hydrogen) atoms. The van der Waals surface area contributed by atoms with Crippen molar-refractivity contribution in [3.63, 3.8) is 0 Å². The Morgan fingerprint density at radius 2 is 1.64 bits per heavy atom. The third kappa shape index (κ3) is 3.85. The standard InChI is InChI=1S/C22H16ClFN4/c23-18-12-17(14-26-15-18)22(16-4-3-10-25-13-16)28(21-5-1-2-11-27-21)20-8-6-19(24)7-9-20/h1-15,22H. The van der Waals surface area contributed by atoms with Gasteiger partial charge in [-0.25, -0.2) is 9.37 Å². The molecule has 0 bridgehead atoms. The maximum Gasteiger partial charge on any atom is 0.133 e. The predicted molar refractivity (Wildman–Crippen MR) is 108 cm³/mol. The van der Waals surface area contributed by atoms with Crippen molar-refractivity contribution in [3.8, 4) is 0 Å². The Balaban J connectivity index is 1.94. The molecule has 0 saturated carbocycles. The topological polar surface area (TPSA) is 41.9 Å². The van der Waals surface area contributed by atoms with Gasteiger partial charge in [0.25, 0.3) is 0 Å². The van der Waals surface area contributed by atoms with Crippen molar-refractivity contribution in [1.29, 1.82) is 0 Å². The molecule has 0 radical (unpaired) electrons. The minimum atomic E-state index is -0.305. The number of rotatable bonds is 5. The molecule has 3 heterocycles. The van der Waals surface area contributed by atoms with Gasteiger partial charge in [-0.3, -0.25) is 9.97 Å². The van der Waals surface area contributed by atoms with Gasteiger partial charge in [-0.05, 0) is 59.7 Å². The number of benzene rings is 1. The minimum absolute atomic E-state index is 0.299. The molecular weight excluding hydrogens is 375 g/mol. The zero-order valence-electron chi connectivity index (χ0n) is 14.8. The van der Waals surface area contributed by atoms with Gasteiger partial charge >= 0.3 is 0 Å². The Labute approximate surface area is 167 Å². The molecule has 0 spiro atoms. The average Bonchev–Trinajstić information content (AvgIpc) is 2.74. The van der Waals surface area contributed by atoms with Crippen LogP contribution in [0.2, 0.25) is 5.02 Å². The summed E-state index contributed by atoms with van der Waals surface area (Å²) in [7, 11) is 0. The maximum atomic E-state index is 13.6. The van der Waals surface area contributed by atoms with Gasteiger partial charge < -0.3 is 4.90 Å². The predicted octanol–water partition coefficient (Wildman–Crippen LogP) is 5.59. The van der Waals surface area contributed by atoms with Crippen LogP contribution in [0, 0.1) is 5.82 Å². The summed E-state index contributed by atoms with van der Waals surface area (Å²) in [5.41, 5.74) is 2.59.